The number of aromatic amines is 1. The molecule has 0 bridgehead atoms. The van der Waals surface area contributed by atoms with E-state index in [9.17, 15) is 27.6 Å². The fourth-order valence-electron chi connectivity index (χ4n) is 4.69. The van der Waals surface area contributed by atoms with Gasteiger partial charge in [0.05, 0.1) is 17.5 Å². The van der Waals surface area contributed by atoms with E-state index in [2.05, 4.69) is 10.3 Å². The number of esters is 1. The Hall–Kier alpha value is -3.66. The van der Waals surface area contributed by atoms with Gasteiger partial charge in [-0.2, -0.15) is 13.2 Å². The first-order valence-electron chi connectivity index (χ1n) is 12.0. The molecule has 7 nitrogen and oxygen atoms in total. The molecule has 0 saturated carbocycles. The van der Waals surface area contributed by atoms with Crippen LogP contribution in [0.5, 0.6) is 0 Å². The van der Waals surface area contributed by atoms with Gasteiger partial charge in [-0.25, -0.2) is 0 Å². The number of amides is 1. The lowest BCUT2D eigenvalue weighted by Crippen LogP contribution is -2.47. The lowest BCUT2D eigenvalue weighted by Gasteiger charge is -2.31. The van der Waals surface area contributed by atoms with E-state index in [0.29, 0.717) is 30.3 Å². The van der Waals surface area contributed by atoms with Crippen LogP contribution in [-0.2, 0) is 20.5 Å². The third kappa shape index (κ3) is 5.53. The lowest BCUT2D eigenvalue weighted by atomic mass is 9.89. The van der Waals surface area contributed by atoms with Crippen molar-refractivity contribution in [3.63, 3.8) is 0 Å². The molecule has 2 heterocycles. The summed E-state index contributed by atoms with van der Waals surface area (Å²) >= 11 is 0. The third-order valence-corrected chi connectivity index (χ3v) is 6.70. The number of hydrogen-bond donors (Lipinski definition) is 3. The van der Waals surface area contributed by atoms with E-state index in [1.165, 1.54) is 24.3 Å². The van der Waals surface area contributed by atoms with Crippen LogP contribution in [0.4, 0.5) is 13.2 Å². The molecule has 2 aromatic carbocycles. The smallest absolute Gasteiger partial charge is 0.417 e. The zero-order valence-electron chi connectivity index (χ0n) is 20.4. The number of fused-ring (bicyclic) bond motifs is 1. The molecule has 0 spiro atoms. The third-order valence-electron chi connectivity index (χ3n) is 6.70. The Morgan fingerprint density at radius 1 is 1.11 bits per heavy atom. The van der Waals surface area contributed by atoms with E-state index in [1.54, 1.807) is 32.0 Å². The highest BCUT2D eigenvalue weighted by atomic mass is 19.4. The second-order valence-corrected chi connectivity index (χ2v) is 9.72. The highest BCUT2D eigenvalue weighted by molar-refractivity contribution is 5.90. The summed E-state index contributed by atoms with van der Waals surface area (Å²) in [5.41, 5.74) is 3.60. The maximum Gasteiger partial charge on any atom is 0.417 e. The molecule has 0 aliphatic carbocycles. The van der Waals surface area contributed by atoms with Crippen LogP contribution in [0.3, 0.4) is 0 Å². The fraction of sp³-hybridized carbons (Fsp3) is 0.370. The summed E-state index contributed by atoms with van der Waals surface area (Å²) in [4.78, 5) is 40.4. The average Bonchev–Trinajstić information content (AvgIpc) is 3.24. The molecule has 0 radical (unpaired) electrons. The van der Waals surface area contributed by atoms with Gasteiger partial charge in [0, 0.05) is 23.1 Å². The van der Waals surface area contributed by atoms with E-state index in [1.807, 2.05) is 0 Å². The number of aromatic nitrogens is 1. The number of nitrogens with two attached hydrogens (primary N) is 1. The Morgan fingerprint density at radius 2 is 1.84 bits per heavy atom. The van der Waals surface area contributed by atoms with Gasteiger partial charge in [-0.15, -0.1) is 0 Å². The molecule has 1 saturated heterocycles. The van der Waals surface area contributed by atoms with E-state index < -0.39 is 40.8 Å². The molecule has 1 aromatic heterocycles. The van der Waals surface area contributed by atoms with Crippen molar-refractivity contribution in [3.8, 4) is 11.3 Å². The maximum absolute atomic E-state index is 13.5. The second-order valence-electron chi connectivity index (χ2n) is 9.72. The van der Waals surface area contributed by atoms with Gasteiger partial charge in [0.2, 0.25) is 5.91 Å². The Morgan fingerprint density at radius 3 is 2.54 bits per heavy atom. The van der Waals surface area contributed by atoms with Crippen molar-refractivity contribution in [2.24, 2.45) is 5.73 Å². The zero-order valence-corrected chi connectivity index (χ0v) is 20.4. The minimum absolute atomic E-state index is 0.0510. The van der Waals surface area contributed by atoms with Crippen LogP contribution in [0, 0.1) is 0 Å². The van der Waals surface area contributed by atoms with Gasteiger partial charge >= 0.3 is 12.1 Å². The second kappa shape index (κ2) is 10.0. The van der Waals surface area contributed by atoms with E-state index >= 15 is 0 Å². The van der Waals surface area contributed by atoms with E-state index in [-0.39, 0.29) is 29.0 Å². The number of hydrogen-bond acceptors (Lipinski definition) is 5. The van der Waals surface area contributed by atoms with Crippen molar-refractivity contribution in [2.45, 2.75) is 56.8 Å². The average molecular weight is 516 g/mol. The fourth-order valence-corrected chi connectivity index (χ4v) is 4.69. The summed E-state index contributed by atoms with van der Waals surface area (Å²) in [6.45, 7) is 3.83. The Bertz CT molecular complexity index is 1400. The molecular formula is C27H28F3N3O4. The number of H-pyrrole nitrogens is 1. The maximum atomic E-state index is 13.5. The molecule has 1 aliphatic rings. The summed E-state index contributed by atoms with van der Waals surface area (Å²) in [6.07, 6.45) is -3.54. The van der Waals surface area contributed by atoms with Gasteiger partial charge in [0.15, 0.2) is 0 Å². The number of carbonyl (C=O) groups excluding carboxylic acids is 2. The SMILES string of the molecule is CC(C)(OC(=O)CCCN)C1C[C@@H](c2ccc3cc(-c4ccccc4C(F)(F)F)[nH]c(=O)c3c2)C(=O)N1. The van der Waals surface area contributed by atoms with E-state index in [4.69, 9.17) is 10.5 Å². The molecule has 4 rings (SSSR count). The first-order chi connectivity index (χ1) is 17.4. The number of ether oxygens (including phenoxy) is 1. The number of pyridine rings is 1. The molecule has 3 aromatic rings. The Balaban J connectivity index is 1.61. The van der Waals surface area contributed by atoms with Gasteiger partial charge in [0.25, 0.3) is 5.56 Å². The largest absolute Gasteiger partial charge is 0.457 e. The van der Waals surface area contributed by atoms with Crippen molar-refractivity contribution in [1.29, 1.82) is 0 Å². The predicted octanol–water partition coefficient (Wildman–Crippen LogP) is 4.25. The van der Waals surface area contributed by atoms with Crippen LogP contribution in [0.25, 0.3) is 22.0 Å². The van der Waals surface area contributed by atoms with Gasteiger partial charge in [0.1, 0.15) is 5.60 Å². The summed E-state index contributed by atoms with van der Waals surface area (Å²) in [6, 6.07) is 11.0. The van der Waals surface area contributed by atoms with Crippen LogP contribution in [0.15, 0.2) is 53.3 Å². The van der Waals surface area contributed by atoms with Gasteiger partial charge in [-0.3, -0.25) is 14.4 Å². The molecule has 1 amide bonds. The molecule has 1 aliphatic heterocycles. The van der Waals surface area contributed by atoms with Crippen molar-refractivity contribution in [2.75, 3.05) is 6.54 Å². The molecule has 10 heteroatoms. The van der Waals surface area contributed by atoms with E-state index in [0.717, 1.165) is 6.07 Å². The van der Waals surface area contributed by atoms with Crippen LogP contribution in [-0.4, -0.2) is 35.0 Å². The number of carbonyl (C=O) groups is 2. The monoisotopic (exact) mass is 515 g/mol. The Kier molecular flexibility index (Phi) is 7.14. The topological polar surface area (TPSA) is 114 Å². The number of alkyl halides is 3. The van der Waals surface area contributed by atoms with Crippen LogP contribution >= 0.6 is 0 Å². The summed E-state index contributed by atoms with van der Waals surface area (Å²) in [7, 11) is 0. The summed E-state index contributed by atoms with van der Waals surface area (Å²) in [5.74, 6) is -1.24. The lowest BCUT2D eigenvalue weighted by molar-refractivity contribution is -0.159. The van der Waals surface area contributed by atoms with Crippen LogP contribution in [0.1, 0.15) is 50.2 Å². The van der Waals surface area contributed by atoms with Gasteiger partial charge < -0.3 is 20.8 Å². The van der Waals surface area contributed by atoms with Crippen molar-refractivity contribution < 1.29 is 27.5 Å². The Labute approximate surface area is 211 Å². The molecule has 1 fully saturated rings. The standard InChI is InChI=1S/C27H28F3N3O4/c1-26(2,37-23(34)8-5-11-31)22-14-19(25(36)33-22)15-9-10-16-13-21(32-24(35)18(16)12-15)17-6-3-4-7-20(17)27(28,29)30/h3-4,6-7,9-10,12-13,19,22H,5,8,11,14,31H2,1-2H3,(H,32,35)(H,33,36)/t19-,22?/m0/s1. The van der Waals surface area contributed by atoms with Gasteiger partial charge in [-0.05, 0) is 62.4 Å². The molecule has 196 valence electrons. The zero-order chi connectivity index (χ0) is 27.0. The van der Waals surface area contributed by atoms with Crippen LogP contribution < -0.4 is 16.6 Å². The van der Waals surface area contributed by atoms with Crippen molar-refractivity contribution in [1.82, 2.24) is 10.3 Å². The predicted molar refractivity (Wildman–Crippen MR) is 133 cm³/mol. The van der Waals surface area contributed by atoms with Crippen LogP contribution in [0.2, 0.25) is 0 Å². The number of benzene rings is 2. The normalized spacial score (nSPS) is 18.2. The highest BCUT2D eigenvalue weighted by Crippen LogP contribution is 2.37. The summed E-state index contributed by atoms with van der Waals surface area (Å²) in [5, 5.41) is 3.59. The number of halogens is 3. The minimum atomic E-state index is -4.58. The molecule has 1 unspecified atom stereocenters. The quantitative estimate of drug-likeness (QED) is 0.407. The number of rotatable bonds is 7. The molecule has 37 heavy (non-hydrogen) atoms. The molecule has 2 atom stereocenters. The summed E-state index contributed by atoms with van der Waals surface area (Å²) < 4.78 is 46.1. The molecule has 4 N–H and O–H groups in total. The van der Waals surface area contributed by atoms with Gasteiger partial charge in [-0.1, -0.05) is 30.3 Å². The minimum Gasteiger partial charge on any atom is -0.457 e. The van der Waals surface area contributed by atoms with Crippen molar-refractivity contribution in [3.05, 3.63) is 70.0 Å². The first kappa shape index (κ1) is 26.4. The molecular weight excluding hydrogens is 487 g/mol. The van der Waals surface area contributed by atoms with Crippen molar-refractivity contribution >= 4 is 22.6 Å². The number of nitrogens with one attached hydrogen (secondary N) is 2. The first-order valence-corrected chi connectivity index (χ1v) is 12.0. The highest BCUT2D eigenvalue weighted by Gasteiger charge is 2.43.